The van der Waals surface area contributed by atoms with Crippen molar-refractivity contribution < 1.29 is 13.2 Å². The minimum atomic E-state index is -3.71. The number of rotatable bonds is 4. The summed E-state index contributed by atoms with van der Waals surface area (Å²) in [6.07, 6.45) is 6.47. The zero-order valence-electron chi connectivity index (χ0n) is 11.1. The first kappa shape index (κ1) is 15.3. The Morgan fingerprint density at radius 3 is 2.30 bits per heavy atom. The first-order valence-corrected chi connectivity index (χ1v) is 9.10. The Morgan fingerprint density at radius 2 is 1.75 bits per heavy atom. The third-order valence-electron chi connectivity index (χ3n) is 3.62. The number of benzene rings is 1. The summed E-state index contributed by atoms with van der Waals surface area (Å²) in [5.41, 5.74) is 0.592. The summed E-state index contributed by atoms with van der Waals surface area (Å²) in [5.74, 6) is 0.463. The molecule has 4 nitrogen and oxygen atoms in total. The molecule has 1 aliphatic carbocycles. The van der Waals surface area contributed by atoms with Crippen LogP contribution in [0.2, 0.25) is 0 Å². The highest BCUT2D eigenvalue weighted by Crippen LogP contribution is 2.26. The Bertz CT molecular complexity index is 563. The normalized spacial score (nSPS) is 16.9. The summed E-state index contributed by atoms with van der Waals surface area (Å²) in [5, 5.41) is 2.79. The zero-order valence-corrected chi connectivity index (χ0v) is 12.7. The van der Waals surface area contributed by atoms with Crippen LogP contribution in [-0.2, 0) is 13.8 Å². The van der Waals surface area contributed by atoms with Crippen LogP contribution in [0.15, 0.2) is 29.2 Å². The topological polar surface area (TPSA) is 63.2 Å². The van der Waals surface area contributed by atoms with E-state index in [1.165, 1.54) is 31.4 Å². The second kappa shape index (κ2) is 6.59. The molecule has 1 aromatic carbocycles. The number of hydrogen-bond donors (Lipinski definition) is 1. The molecule has 0 spiro atoms. The van der Waals surface area contributed by atoms with Gasteiger partial charge < -0.3 is 5.32 Å². The first-order chi connectivity index (χ1) is 9.45. The molecule has 2 rings (SSSR count). The average Bonchev–Trinajstić information content (AvgIpc) is 2.39. The molecule has 1 fully saturated rings. The van der Waals surface area contributed by atoms with Crippen LogP contribution in [0.1, 0.15) is 38.5 Å². The molecular weight excluding hydrogens is 298 g/mol. The minimum absolute atomic E-state index is 0.0154. The number of hydrogen-bond acceptors (Lipinski definition) is 3. The van der Waals surface area contributed by atoms with Crippen molar-refractivity contribution in [3.8, 4) is 0 Å². The molecule has 0 aromatic heterocycles. The maximum Gasteiger partial charge on any atom is 0.261 e. The van der Waals surface area contributed by atoms with Gasteiger partial charge in [0, 0.05) is 22.8 Å². The minimum Gasteiger partial charge on any atom is -0.326 e. The highest BCUT2D eigenvalue weighted by Gasteiger charge is 2.17. The molecule has 0 heterocycles. The summed E-state index contributed by atoms with van der Waals surface area (Å²) in [6, 6.07) is 5.87. The van der Waals surface area contributed by atoms with E-state index >= 15 is 0 Å². The molecule has 1 aromatic rings. The van der Waals surface area contributed by atoms with Gasteiger partial charge in [-0.25, -0.2) is 8.42 Å². The van der Waals surface area contributed by atoms with Crippen molar-refractivity contribution in [3.63, 3.8) is 0 Å². The Hall–Kier alpha value is -1.07. The fourth-order valence-corrected chi connectivity index (χ4v) is 3.34. The van der Waals surface area contributed by atoms with Crippen LogP contribution in [0, 0.1) is 5.92 Å². The van der Waals surface area contributed by atoms with E-state index in [2.05, 4.69) is 5.32 Å². The van der Waals surface area contributed by atoms with Gasteiger partial charge in [0.1, 0.15) is 0 Å². The number of halogens is 1. The highest BCUT2D eigenvalue weighted by molar-refractivity contribution is 8.13. The van der Waals surface area contributed by atoms with Crippen LogP contribution >= 0.6 is 10.7 Å². The van der Waals surface area contributed by atoms with Crippen molar-refractivity contribution in [2.75, 3.05) is 5.32 Å². The van der Waals surface area contributed by atoms with Crippen LogP contribution in [-0.4, -0.2) is 14.3 Å². The molecule has 0 aliphatic heterocycles. The number of nitrogens with one attached hydrogen (secondary N) is 1. The maximum absolute atomic E-state index is 11.9. The van der Waals surface area contributed by atoms with Crippen molar-refractivity contribution in [2.24, 2.45) is 5.92 Å². The van der Waals surface area contributed by atoms with Gasteiger partial charge in [-0.2, -0.15) is 0 Å². The molecule has 20 heavy (non-hydrogen) atoms. The number of carbonyl (C=O) groups excluding carboxylic acids is 1. The highest BCUT2D eigenvalue weighted by atomic mass is 35.7. The number of anilines is 1. The summed E-state index contributed by atoms with van der Waals surface area (Å²) in [4.78, 5) is 11.9. The van der Waals surface area contributed by atoms with E-state index < -0.39 is 9.05 Å². The molecule has 0 unspecified atom stereocenters. The van der Waals surface area contributed by atoms with Gasteiger partial charge in [0.25, 0.3) is 9.05 Å². The SMILES string of the molecule is O=C(CC1CCCCC1)Nc1ccc(S(=O)(=O)Cl)cc1. The van der Waals surface area contributed by atoms with Gasteiger partial charge >= 0.3 is 0 Å². The van der Waals surface area contributed by atoms with E-state index in [4.69, 9.17) is 10.7 Å². The standard InChI is InChI=1S/C14H18ClNO3S/c15-20(18,19)13-8-6-12(7-9-13)16-14(17)10-11-4-2-1-3-5-11/h6-9,11H,1-5,10H2,(H,16,17). The molecule has 0 radical (unpaired) electrons. The Kier molecular flexibility index (Phi) is 5.05. The molecule has 1 amide bonds. The second-order valence-electron chi connectivity index (χ2n) is 5.22. The van der Waals surface area contributed by atoms with Crippen molar-refractivity contribution in [2.45, 2.75) is 43.4 Å². The van der Waals surface area contributed by atoms with E-state index in [1.807, 2.05) is 0 Å². The summed E-state index contributed by atoms with van der Waals surface area (Å²) >= 11 is 0. The zero-order chi connectivity index (χ0) is 14.6. The molecule has 1 saturated carbocycles. The molecule has 0 saturated heterocycles. The third-order valence-corrected chi connectivity index (χ3v) is 4.99. The largest absolute Gasteiger partial charge is 0.326 e. The molecule has 1 N–H and O–H groups in total. The smallest absolute Gasteiger partial charge is 0.261 e. The van der Waals surface area contributed by atoms with E-state index in [0.29, 0.717) is 18.0 Å². The lowest BCUT2D eigenvalue weighted by Gasteiger charge is -2.20. The van der Waals surface area contributed by atoms with Crippen LogP contribution < -0.4 is 5.32 Å². The first-order valence-electron chi connectivity index (χ1n) is 6.80. The third kappa shape index (κ3) is 4.49. The lowest BCUT2D eigenvalue weighted by molar-refractivity contribution is -0.117. The van der Waals surface area contributed by atoms with Crippen molar-refractivity contribution in [3.05, 3.63) is 24.3 Å². The predicted molar refractivity (Wildman–Crippen MR) is 79.3 cm³/mol. The molecular formula is C14H18ClNO3S. The van der Waals surface area contributed by atoms with Gasteiger partial charge in [-0.05, 0) is 43.0 Å². The van der Waals surface area contributed by atoms with Crippen molar-refractivity contribution in [1.82, 2.24) is 0 Å². The van der Waals surface area contributed by atoms with Crippen LogP contribution in [0.25, 0.3) is 0 Å². The van der Waals surface area contributed by atoms with Gasteiger partial charge in [-0.3, -0.25) is 4.79 Å². The quantitative estimate of drug-likeness (QED) is 0.865. The number of carbonyl (C=O) groups is 1. The van der Waals surface area contributed by atoms with Crippen molar-refractivity contribution >= 4 is 31.3 Å². The average molecular weight is 316 g/mol. The lowest BCUT2D eigenvalue weighted by atomic mass is 9.87. The Morgan fingerprint density at radius 1 is 1.15 bits per heavy atom. The Labute approximate surface area is 123 Å². The van der Waals surface area contributed by atoms with Gasteiger partial charge in [0.05, 0.1) is 4.90 Å². The lowest BCUT2D eigenvalue weighted by Crippen LogP contribution is -2.18. The van der Waals surface area contributed by atoms with Crippen LogP contribution in [0.4, 0.5) is 5.69 Å². The fourth-order valence-electron chi connectivity index (χ4n) is 2.57. The van der Waals surface area contributed by atoms with Gasteiger partial charge in [-0.1, -0.05) is 19.3 Å². The molecule has 6 heteroatoms. The monoisotopic (exact) mass is 315 g/mol. The Balaban J connectivity index is 1.91. The van der Waals surface area contributed by atoms with Gasteiger partial charge in [0.15, 0.2) is 0 Å². The van der Waals surface area contributed by atoms with Crippen LogP contribution in [0.3, 0.4) is 0 Å². The molecule has 0 atom stereocenters. The maximum atomic E-state index is 11.9. The fraction of sp³-hybridized carbons (Fsp3) is 0.500. The van der Waals surface area contributed by atoms with Gasteiger partial charge in [0.2, 0.25) is 5.91 Å². The van der Waals surface area contributed by atoms with E-state index in [9.17, 15) is 13.2 Å². The summed E-state index contributed by atoms with van der Waals surface area (Å²) in [6.45, 7) is 0. The van der Waals surface area contributed by atoms with E-state index in [-0.39, 0.29) is 10.8 Å². The second-order valence-corrected chi connectivity index (χ2v) is 7.78. The van der Waals surface area contributed by atoms with E-state index in [0.717, 1.165) is 12.8 Å². The molecule has 110 valence electrons. The summed E-state index contributed by atoms with van der Waals surface area (Å²) < 4.78 is 22.2. The van der Waals surface area contributed by atoms with Gasteiger partial charge in [-0.15, -0.1) is 0 Å². The van der Waals surface area contributed by atoms with Crippen LogP contribution in [0.5, 0.6) is 0 Å². The predicted octanol–water partition coefficient (Wildman–Crippen LogP) is 3.52. The van der Waals surface area contributed by atoms with E-state index in [1.54, 1.807) is 12.1 Å². The number of amides is 1. The molecule has 1 aliphatic rings. The summed E-state index contributed by atoms with van der Waals surface area (Å²) in [7, 11) is 1.52. The molecule has 0 bridgehead atoms. The van der Waals surface area contributed by atoms with Crippen molar-refractivity contribution in [1.29, 1.82) is 0 Å².